The first-order valence-corrected chi connectivity index (χ1v) is 9.79. The van der Waals surface area contributed by atoms with E-state index < -0.39 is 0 Å². The minimum absolute atomic E-state index is 0.00370. The quantitative estimate of drug-likeness (QED) is 0.519. The highest BCUT2D eigenvalue weighted by Gasteiger charge is 2.16. The number of ether oxygens (including phenoxy) is 2. The molecule has 1 aromatic carbocycles. The molecule has 0 aliphatic carbocycles. The van der Waals surface area contributed by atoms with Crippen molar-refractivity contribution < 1.29 is 18.7 Å². The van der Waals surface area contributed by atoms with E-state index in [9.17, 15) is 4.79 Å². The maximum Gasteiger partial charge on any atom is 0.260 e. The standard InChI is InChI=1S/C21H23NO4S/c1-2-25-18-5-7-19(8-6-18)26-16-21(23)22(14-17-10-12-24-15-17)11-9-20-4-3-13-27-20/h3-8,10,12-13,15H,2,9,11,14,16H2,1H3. The summed E-state index contributed by atoms with van der Waals surface area (Å²) in [6, 6.07) is 13.3. The van der Waals surface area contributed by atoms with Crippen LogP contribution >= 0.6 is 11.3 Å². The number of nitrogens with zero attached hydrogens (tertiary/aromatic N) is 1. The van der Waals surface area contributed by atoms with Crippen molar-refractivity contribution in [3.05, 3.63) is 70.8 Å². The molecule has 6 heteroatoms. The summed E-state index contributed by atoms with van der Waals surface area (Å²) in [6.07, 6.45) is 4.11. The molecule has 0 unspecified atom stereocenters. The van der Waals surface area contributed by atoms with Gasteiger partial charge in [0.25, 0.3) is 5.91 Å². The zero-order valence-electron chi connectivity index (χ0n) is 15.3. The number of furan rings is 1. The number of hydrogen-bond donors (Lipinski definition) is 0. The van der Waals surface area contributed by atoms with Gasteiger partial charge in [0.1, 0.15) is 11.5 Å². The Morgan fingerprint density at radius 1 is 1.11 bits per heavy atom. The fourth-order valence-corrected chi connectivity index (χ4v) is 3.33. The molecule has 3 aromatic rings. The number of carbonyl (C=O) groups excluding carboxylic acids is 1. The van der Waals surface area contributed by atoms with Crippen molar-refractivity contribution in [1.29, 1.82) is 0 Å². The molecule has 2 aromatic heterocycles. The van der Waals surface area contributed by atoms with Crippen molar-refractivity contribution in [2.75, 3.05) is 19.8 Å². The highest BCUT2D eigenvalue weighted by molar-refractivity contribution is 7.09. The molecule has 0 spiro atoms. The van der Waals surface area contributed by atoms with Crippen LogP contribution in [0.3, 0.4) is 0 Å². The van der Waals surface area contributed by atoms with Gasteiger partial charge in [-0.15, -0.1) is 11.3 Å². The van der Waals surface area contributed by atoms with Gasteiger partial charge in [0.15, 0.2) is 6.61 Å². The summed E-state index contributed by atoms with van der Waals surface area (Å²) < 4.78 is 16.2. The number of hydrogen-bond acceptors (Lipinski definition) is 5. The molecule has 5 nitrogen and oxygen atoms in total. The minimum Gasteiger partial charge on any atom is -0.494 e. The van der Waals surface area contributed by atoms with Crippen molar-refractivity contribution in [2.24, 2.45) is 0 Å². The number of amides is 1. The van der Waals surface area contributed by atoms with Gasteiger partial charge in [-0.25, -0.2) is 0 Å². The Kier molecular flexibility index (Phi) is 6.93. The summed E-state index contributed by atoms with van der Waals surface area (Å²) in [5.74, 6) is 1.38. The first kappa shape index (κ1) is 19.0. The maximum atomic E-state index is 12.7. The lowest BCUT2D eigenvalue weighted by molar-refractivity contribution is -0.134. The van der Waals surface area contributed by atoms with Crippen molar-refractivity contribution >= 4 is 17.2 Å². The van der Waals surface area contributed by atoms with E-state index in [4.69, 9.17) is 13.9 Å². The fourth-order valence-electron chi connectivity index (χ4n) is 2.63. The van der Waals surface area contributed by atoms with Crippen LogP contribution in [0.2, 0.25) is 0 Å². The molecule has 0 saturated carbocycles. The third-order valence-electron chi connectivity index (χ3n) is 4.01. The minimum atomic E-state index is -0.0540. The van der Waals surface area contributed by atoms with Crippen LogP contribution in [0.1, 0.15) is 17.4 Å². The van der Waals surface area contributed by atoms with Crippen LogP contribution in [-0.2, 0) is 17.8 Å². The average molecular weight is 385 g/mol. The van der Waals surface area contributed by atoms with Crippen LogP contribution in [-0.4, -0.2) is 30.6 Å². The van der Waals surface area contributed by atoms with Gasteiger partial charge in [-0.1, -0.05) is 6.07 Å². The van der Waals surface area contributed by atoms with Crippen molar-refractivity contribution in [2.45, 2.75) is 19.9 Å². The molecule has 0 atom stereocenters. The monoisotopic (exact) mass is 385 g/mol. The second-order valence-corrected chi connectivity index (χ2v) is 7.00. The zero-order chi connectivity index (χ0) is 18.9. The first-order valence-electron chi connectivity index (χ1n) is 8.91. The molecule has 0 fully saturated rings. The van der Waals surface area contributed by atoms with E-state index >= 15 is 0 Å². The smallest absolute Gasteiger partial charge is 0.260 e. The predicted octanol–water partition coefficient (Wildman–Crippen LogP) is 4.39. The summed E-state index contributed by atoms with van der Waals surface area (Å²) in [7, 11) is 0. The van der Waals surface area contributed by atoms with E-state index in [1.807, 2.05) is 48.7 Å². The average Bonchev–Trinajstić information content (AvgIpc) is 3.38. The Morgan fingerprint density at radius 2 is 1.89 bits per heavy atom. The molecule has 2 heterocycles. The van der Waals surface area contributed by atoms with Gasteiger partial charge >= 0.3 is 0 Å². The molecule has 142 valence electrons. The van der Waals surface area contributed by atoms with Gasteiger partial charge in [0.2, 0.25) is 0 Å². The van der Waals surface area contributed by atoms with Crippen molar-refractivity contribution in [3.63, 3.8) is 0 Å². The predicted molar refractivity (Wildman–Crippen MR) is 105 cm³/mol. The normalized spacial score (nSPS) is 10.6. The second-order valence-electron chi connectivity index (χ2n) is 5.97. The lowest BCUT2D eigenvalue weighted by atomic mass is 10.2. The molecule has 0 radical (unpaired) electrons. The van der Waals surface area contributed by atoms with E-state index in [2.05, 4.69) is 6.07 Å². The summed E-state index contributed by atoms with van der Waals surface area (Å²) in [5.41, 5.74) is 0.968. The molecule has 0 aliphatic heterocycles. The van der Waals surface area contributed by atoms with Gasteiger partial charge in [-0.3, -0.25) is 4.79 Å². The number of benzene rings is 1. The third-order valence-corrected chi connectivity index (χ3v) is 4.95. The number of thiophene rings is 1. The molecule has 0 saturated heterocycles. The van der Waals surface area contributed by atoms with Crippen LogP contribution in [0, 0.1) is 0 Å². The van der Waals surface area contributed by atoms with E-state index in [1.54, 1.807) is 28.8 Å². The maximum absolute atomic E-state index is 12.7. The molecular weight excluding hydrogens is 362 g/mol. The number of carbonyl (C=O) groups is 1. The largest absolute Gasteiger partial charge is 0.494 e. The topological polar surface area (TPSA) is 51.9 Å². The molecule has 3 rings (SSSR count). The van der Waals surface area contributed by atoms with Gasteiger partial charge in [-0.2, -0.15) is 0 Å². The highest BCUT2D eigenvalue weighted by Crippen LogP contribution is 2.18. The SMILES string of the molecule is CCOc1ccc(OCC(=O)N(CCc2cccs2)Cc2ccoc2)cc1. The molecular formula is C21H23NO4S. The molecule has 0 aliphatic rings. The third kappa shape index (κ3) is 5.89. The number of rotatable bonds is 10. The Bertz CT molecular complexity index is 797. The summed E-state index contributed by atoms with van der Waals surface area (Å²) in [6.45, 7) is 3.69. The molecule has 1 amide bonds. The fraction of sp³-hybridized carbons (Fsp3) is 0.286. The Morgan fingerprint density at radius 3 is 2.52 bits per heavy atom. The van der Waals surface area contributed by atoms with E-state index in [0.29, 0.717) is 25.4 Å². The van der Waals surface area contributed by atoms with Gasteiger partial charge in [0.05, 0.1) is 19.1 Å². The van der Waals surface area contributed by atoms with Gasteiger partial charge in [-0.05, 0) is 55.1 Å². The Balaban J connectivity index is 1.57. The van der Waals surface area contributed by atoms with Crippen molar-refractivity contribution in [3.8, 4) is 11.5 Å². The van der Waals surface area contributed by atoms with E-state index in [0.717, 1.165) is 17.7 Å². The summed E-state index contributed by atoms with van der Waals surface area (Å²) in [5, 5.41) is 2.05. The van der Waals surface area contributed by atoms with E-state index in [-0.39, 0.29) is 12.5 Å². The molecule has 27 heavy (non-hydrogen) atoms. The van der Waals surface area contributed by atoms with Gasteiger partial charge in [0, 0.05) is 23.5 Å². The van der Waals surface area contributed by atoms with Crippen molar-refractivity contribution in [1.82, 2.24) is 4.90 Å². The zero-order valence-corrected chi connectivity index (χ0v) is 16.1. The molecule has 0 bridgehead atoms. The lowest BCUT2D eigenvalue weighted by Gasteiger charge is -2.22. The summed E-state index contributed by atoms with van der Waals surface area (Å²) >= 11 is 1.70. The summed E-state index contributed by atoms with van der Waals surface area (Å²) in [4.78, 5) is 15.8. The highest BCUT2D eigenvalue weighted by atomic mass is 32.1. The van der Waals surface area contributed by atoms with Crippen LogP contribution in [0.25, 0.3) is 0 Å². The van der Waals surface area contributed by atoms with Crippen LogP contribution in [0.5, 0.6) is 11.5 Å². The van der Waals surface area contributed by atoms with E-state index in [1.165, 1.54) is 4.88 Å². The Hall–Kier alpha value is -2.73. The van der Waals surface area contributed by atoms with Crippen LogP contribution < -0.4 is 9.47 Å². The van der Waals surface area contributed by atoms with Crippen LogP contribution in [0.4, 0.5) is 0 Å². The lowest BCUT2D eigenvalue weighted by Crippen LogP contribution is -2.35. The second kappa shape index (κ2) is 9.83. The van der Waals surface area contributed by atoms with Crippen LogP contribution in [0.15, 0.2) is 64.8 Å². The first-order chi connectivity index (χ1) is 13.2. The Labute approximate surface area is 163 Å². The molecule has 0 N–H and O–H groups in total. The van der Waals surface area contributed by atoms with Gasteiger partial charge < -0.3 is 18.8 Å².